The zero-order chi connectivity index (χ0) is 9.49. The largest absolute Gasteiger partial charge is 0.370 e. The fraction of sp³-hybridized carbons (Fsp3) is 0.692. The smallest absolute Gasteiger partial charge is 0.0955 e. The molecule has 0 unspecified atom stereocenters. The van der Waals surface area contributed by atoms with E-state index < -0.39 is 0 Å². The first kappa shape index (κ1) is 8.72. The third-order valence-electron chi connectivity index (χ3n) is 4.28. The minimum atomic E-state index is 0.0816. The Morgan fingerprint density at radius 2 is 1.64 bits per heavy atom. The molecule has 1 saturated carbocycles. The van der Waals surface area contributed by atoms with Gasteiger partial charge in [0.25, 0.3) is 0 Å². The van der Waals surface area contributed by atoms with Gasteiger partial charge in [0.15, 0.2) is 0 Å². The number of ether oxygens (including phenoxy) is 1. The van der Waals surface area contributed by atoms with Gasteiger partial charge in [-0.1, -0.05) is 37.1 Å². The summed E-state index contributed by atoms with van der Waals surface area (Å²) in [5.41, 5.74) is 0.441. The maximum atomic E-state index is 6.13. The van der Waals surface area contributed by atoms with Crippen molar-refractivity contribution < 1.29 is 4.74 Å². The van der Waals surface area contributed by atoms with E-state index in [1.165, 1.54) is 38.5 Å². The first-order valence-corrected chi connectivity index (χ1v) is 5.88. The summed E-state index contributed by atoms with van der Waals surface area (Å²) >= 11 is 0. The van der Waals surface area contributed by atoms with Gasteiger partial charge in [-0.25, -0.2) is 0 Å². The van der Waals surface area contributed by atoms with Crippen LogP contribution < -0.4 is 0 Å². The van der Waals surface area contributed by atoms with Crippen LogP contribution in [-0.4, -0.2) is 12.2 Å². The van der Waals surface area contributed by atoms with Crippen LogP contribution in [0, 0.1) is 5.41 Å². The van der Waals surface area contributed by atoms with Gasteiger partial charge >= 0.3 is 0 Å². The van der Waals surface area contributed by atoms with Gasteiger partial charge in [-0.15, -0.1) is 0 Å². The number of allylic oxidation sites excluding steroid dienone is 2. The molecule has 76 valence electrons. The summed E-state index contributed by atoms with van der Waals surface area (Å²) in [5.74, 6) is 0. The Kier molecular flexibility index (Phi) is 1.85. The molecule has 1 saturated heterocycles. The van der Waals surface area contributed by atoms with Crippen molar-refractivity contribution in [3.05, 3.63) is 24.3 Å². The Bertz CT molecular complexity index is 246. The fourth-order valence-electron chi connectivity index (χ4n) is 3.54. The average Bonchev–Trinajstić information content (AvgIpc) is 2.27. The molecule has 1 aliphatic heterocycles. The van der Waals surface area contributed by atoms with E-state index in [1.54, 1.807) is 0 Å². The van der Waals surface area contributed by atoms with E-state index in [-0.39, 0.29) is 5.60 Å². The summed E-state index contributed by atoms with van der Waals surface area (Å²) in [7, 11) is 0. The van der Waals surface area contributed by atoms with Gasteiger partial charge in [0, 0.05) is 12.0 Å². The molecule has 0 spiro atoms. The molecular formula is C13H18O. The monoisotopic (exact) mass is 190 g/mol. The highest BCUT2D eigenvalue weighted by Crippen LogP contribution is 2.55. The van der Waals surface area contributed by atoms with Gasteiger partial charge in [0.2, 0.25) is 0 Å². The van der Waals surface area contributed by atoms with Crippen molar-refractivity contribution in [1.29, 1.82) is 0 Å². The minimum Gasteiger partial charge on any atom is -0.370 e. The van der Waals surface area contributed by atoms with Gasteiger partial charge < -0.3 is 4.74 Å². The fourth-order valence-corrected chi connectivity index (χ4v) is 3.54. The van der Waals surface area contributed by atoms with Crippen molar-refractivity contribution in [3.8, 4) is 0 Å². The van der Waals surface area contributed by atoms with Crippen molar-refractivity contribution in [3.63, 3.8) is 0 Å². The lowest BCUT2D eigenvalue weighted by Crippen LogP contribution is -2.53. The van der Waals surface area contributed by atoms with Crippen LogP contribution in [0.4, 0.5) is 0 Å². The van der Waals surface area contributed by atoms with Gasteiger partial charge in [0.05, 0.1) is 5.60 Å². The molecule has 2 aliphatic carbocycles. The average molecular weight is 190 g/mol. The lowest BCUT2D eigenvalue weighted by atomic mass is 9.58. The molecule has 0 aromatic carbocycles. The molecule has 0 aromatic heterocycles. The zero-order valence-corrected chi connectivity index (χ0v) is 8.67. The molecule has 2 atom stereocenters. The summed E-state index contributed by atoms with van der Waals surface area (Å²) < 4.78 is 6.13. The van der Waals surface area contributed by atoms with E-state index in [1.807, 2.05) is 0 Å². The second-order valence-corrected chi connectivity index (χ2v) is 4.92. The Balaban J connectivity index is 2.04. The van der Waals surface area contributed by atoms with E-state index in [0.717, 1.165) is 6.61 Å². The number of hydrogen-bond donors (Lipinski definition) is 0. The van der Waals surface area contributed by atoms with Crippen molar-refractivity contribution >= 4 is 0 Å². The van der Waals surface area contributed by atoms with Crippen LogP contribution in [-0.2, 0) is 4.74 Å². The summed E-state index contributed by atoms with van der Waals surface area (Å²) in [4.78, 5) is 0. The number of hydrogen-bond acceptors (Lipinski definition) is 1. The van der Waals surface area contributed by atoms with E-state index in [0.29, 0.717) is 5.41 Å². The van der Waals surface area contributed by atoms with Crippen LogP contribution in [0.3, 0.4) is 0 Å². The predicted molar refractivity (Wildman–Crippen MR) is 57.1 cm³/mol. The maximum absolute atomic E-state index is 6.13. The van der Waals surface area contributed by atoms with Gasteiger partial charge in [-0.3, -0.25) is 0 Å². The van der Waals surface area contributed by atoms with E-state index in [9.17, 15) is 0 Å². The quantitative estimate of drug-likeness (QED) is 0.570. The highest BCUT2D eigenvalue weighted by Gasteiger charge is 2.52. The molecule has 0 N–H and O–H groups in total. The van der Waals surface area contributed by atoms with Gasteiger partial charge in [-0.05, 0) is 25.7 Å². The summed E-state index contributed by atoms with van der Waals surface area (Å²) in [6.07, 6.45) is 17.0. The van der Waals surface area contributed by atoms with Crippen LogP contribution >= 0.6 is 0 Å². The van der Waals surface area contributed by atoms with Crippen molar-refractivity contribution in [2.75, 3.05) is 6.61 Å². The second-order valence-electron chi connectivity index (χ2n) is 4.92. The molecule has 0 radical (unpaired) electrons. The molecule has 1 heterocycles. The van der Waals surface area contributed by atoms with Crippen LogP contribution in [0.25, 0.3) is 0 Å². The van der Waals surface area contributed by atoms with Crippen molar-refractivity contribution in [2.24, 2.45) is 5.41 Å². The highest BCUT2D eigenvalue weighted by atomic mass is 16.5. The molecule has 0 aromatic rings. The van der Waals surface area contributed by atoms with E-state index in [2.05, 4.69) is 24.3 Å². The van der Waals surface area contributed by atoms with Crippen LogP contribution in [0.5, 0.6) is 0 Å². The zero-order valence-electron chi connectivity index (χ0n) is 8.67. The van der Waals surface area contributed by atoms with Gasteiger partial charge in [-0.2, -0.15) is 0 Å². The molecule has 0 bridgehead atoms. The second kappa shape index (κ2) is 2.96. The van der Waals surface area contributed by atoms with Crippen molar-refractivity contribution in [1.82, 2.24) is 0 Å². The third-order valence-corrected chi connectivity index (χ3v) is 4.28. The maximum Gasteiger partial charge on any atom is 0.0955 e. The Morgan fingerprint density at radius 3 is 2.57 bits per heavy atom. The molecular weight excluding hydrogens is 172 g/mol. The third kappa shape index (κ3) is 0.993. The summed E-state index contributed by atoms with van der Waals surface area (Å²) in [6, 6.07) is 0. The van der Waals surface area contributed by atoms with E-state index >= 15 is 0 Å². The van der Waals surface area contributed by atoms with Gasteiger partial charge in [0.1, 0.15) is 0 Å². The Morgan fingerprint density at radius 1 is 0.857 bits per heavy atom. The minimum absolute atomic E-state index is 0.0816. The molecule has 2 fully saturated rings. The SMILES string of the molecule is C1=C[C@]23CCCC[C@@]2(C=C1)OCCC3. The Labute approximate surface area is 85.8 Å². The molecule has 3 rings (SSSR count). The molecule has 1 heteroatoms. The Hall–Kier alpha value is -0.560. The summed E-state index contributed by atoms with van der Waals surface area (Å²) in [5, 5.41) is 0. The first-order valence-electron chi connectivity index (χ1n) is 5.88. The molecule has 0 amide bonds. The number of rotatable bonds is 0. The highest BCUT2D eigenvalue weighted by molar-refractivity contribution is 5.29. The van der Waals surface area contributed by atoms with Crippen LogP contribution in [0.1, 0.15) is 38.5 Å². The molecule has 3 aliphatic rings. The molecule has 14 heavy (non-hydrogen) atoms. The van der Waals surface area contributed by atoms with Crippen LogP contribution in [0.2, 0.25) is 0 Å². The normalized spacial score (nSPS) is 45.7. The first-order chi connectivity index (χ1) is 6.87. The predicted octanol–water partition coefficient (Wildman–Crippen LogP) is 3.22. The van der Waals surface area contributed by atoms with E-state index in [4.69, 9.17) is 4.74 Å². The topological polar surface area (TPSA) is 9.23 Å². The standard InChI is InChI=1S/C13H18O/c1-3-9-13-10-4-2-7-12(13,6-1)8-5-11-14-13/h1,3,6,9H,2,4-5,7-8,10-11H2/t12-,13-/m1/s1. The van der Waals surface area contributed by atoms with Crippen molar-refractivity contribution in [2.45, 2.75) is 44.1 Å². The lowest BCUT2D eigenvalue weighted by Gasteiger charge is -2.54. The van der Waals surface area contributed by atoms with Crippen LogP contribution in [0.15, 0.2) is 24.3 Å². The summed E-state index contributed by atoms with van der Waals surface area (Å²) in [6.45, 7) is 0.958. The molecule has 1 nitrogen and oxygen atoms in total. The lowest BCUT2D eigenvalue weighted by molar-refractivity contribution is -0.141.